The molecule has 0 aliphatic rings. The number of hydrogen-bond donors (Lipinski definition) is 1. The SMILES string of the molecule is C=CCn1c(SCC(=O)Nc2cccc(C)c2)nnc1-c1csc(C)c1-c1ccccc1. The lowest BCUT2D eigenvalue weighted by atomic mass is 10.0. The van der Waals surface area contributed by atoms with Gasteiger partial charge in [0.25, 0.3) is 0 Å². The normalized spacial score (nSPS) is 10.8. The van der Waals surface area contributed by atoms with Gasteiger partial charge < -0.3 is 5.32 Å². The number of amides is 1. The fraction of sp³-hybridized carbons (Fsp3) is 0.160. The molecule has 2 heterocycles. The van der Waals surface area contributed by atoms with Crippen LogP contribution in [0.15, 0.2) is 77.8 Å². The molecule has 0 saturated carbocycles. The number of allylic oxidation sites excluding steroid dienone is 1. The van der Waals surface area contributed by atoms with Crippen LogP contribution in [0.2, 0.25) is 0 Å². The molecule has 7 heteroatoms. The Kier molecular flexibility index (Phi) is 6.87. The van der Waals surface area contributed by atoms with Crippen molar-refractivity contribution in [2.24, 2.45) is 0 Å². The summed E-state index contributed by atoms with van der Waals surface area (Å²) < 4.78 is 2.02. The molecule has 4 rings (SSSR count). The summed E-state index contributed by atoms with van der Waals surface area (Å²) in [6, 6.07) is 18.1. The Balaban J connectivity index is 1.58. The average Bonchev–Trinajstić information content (AvgIpc) is 3.36. The van der Waals surface area contributed by atoms with Crippen molar-refractivity contribution in [1.82, 2.24) is 14.8 Å². The number of aryl methyl sites for hydroxylation is 2. The fourth-order valence-corrected chi connectivity index (χ4v) is 5.13. The summed E-state index contributed by atoms with van der Waals surface area (Å²) in [4.78, 5) is 13.7. The van der Waals surface area contributed by atoms with E-state index in [1.165, 1.54) is 22.2 Å². The van der Waals surface area contributed by atoms with Crippen LogP contribution in [0.3, 0.4) is 0 Å². The lowest BCUT2D eigenvalue weighted by Gasteiger charge is -2.10. The van der Waals surface area contributed by atoms with E-state index in [2.05, 4.69) is 46.5 Å². The molecule has 0 radical (unpaired) electrons. The molecule has 32 heavy (non-hydrogen) atoms. The van der Waals surface area contributed by atoms with Gasteiger partial charge in [-0.1, -0.05) is 60.3 Å². The minimum Gasteiger partial charge on any atom is -0.325 e. The van der Waals surface area contributed by atoms with Gasteiger partial charge in [-0.3, -0.25) is 9.36 Å². The second-order valence-corrected chi connectivity index (χ2v) is 9.38. The zero-order valence-electron chi connectivity index (χ0n) is 18.0. The summed E-state index contributed by atoms with van der Waals surface area (Å²) in [7, 11) is 0. The number of thiophene rings is 1. The maximum atomic E-state index is 12.5. The Bertz CT molecular complexity index is 1240. The predicted molar refractivity (Wildman–Crippen MR) is 134 cm³/mol. The molecule has 0 aliphatic carbocycles. The molecule has 0 fully saturated rings. The summed E-state index contributed by atoms with van der Waals surface area (Å²) in [5.74, 6) is 0.957. The van der Waals surface area contributed by atoms with Crippen molar-refractivity contribution < 1.29 is 4.79 Å². The molecule has 0 spiro atoms. The van der Waals surface area contributed by atoms with Crippen molar-refractivity contribution >= 4 is 34.7 Å². The van der Waals surface area contributed by atoms with E-state index in [9.17, 15) is 4.79 Å². The van der Waals surface area contributed by atoms with E-state index in [-0.39, 0.29) is 11.7 Å². The van der Waals surface area contributed by atoms with Gasteiger partial charge in [0.05, 0.1) is 5.75 Å². The number of anilines is 1. The van der Waals surface area contributed by atoms with Gasteiger partial charge in [-0.2, -0.15) is 0 Å². The first-order valence-electron chi connectivity index (χ1n) is 10.2. The van der Waals surface area contributed by atoms with E-state index in [1.54, 1.807) is 11.3 Å². The minimum absolute atomic E-state index is 0.0772. The highest BCUT2D eigenvalue weighted by molar-refractivity contribution is 7.99. The summed E-state index contributed by atoms with van der Waals surface area (Å²) >= 11 is 3.07. The van der Waals surface area contributed by atoms with Gasteiger partial charge in [0.1, 0.15) is 0 Å². The molecule has 4 aromatic rings. The monoisotopic (exact) mass is 460 g/mol. The van der Waals surface area contributed by atoms with Crippen LogP contribution in [0, 0.1) is 13.8 Å². The van der Waals surface area contributed by atoms with E-state index >= 15 is 0 Å². The second-order valence-electron chi connectivity index (χ2n) is 7.36. The minimum atomic E-state index is -0.0772. The number of rotatable bonds is 8. The molecular weight excluding hydrogens is 436 g/mol. The lowest BCUT2D eigenvalue weighted by molar-refractivity contribution is -0.113. The summed E-state index contributed by atoms with van der Waals surface area (Å²) in [5.41, 5.74) is 5.27. The van der Waals surface area contributed by atoms with Crippen LogP contribution < -0.4 is 5.32 Å². The number of carbonyl (C=O) groups is 1. The van der Waals surface area contributed by atoms with Gasteiger partial charge in [0, 0.05) is 33.6 Å². The molecule has 162 valence electrons. The third-order valence-corrected chi connectivity index (χ3v) is 6.82. The van der Waals surface area contributed by atoms with Crippen LogP contribution in [-0.2, 0) is 11.3 Å². The molecule has 0 saturated heterocycles. The van der Waals surface area contributed by atoms with Gasteiger partial charge in [-0.25, -0.2) is 0 Å². The Morgan fingerprint density at radius 2 is 1.97 bits per heavy atom. The number of thioether (sulfide) groups is 1. The molecule has 0 bridgehead atoms. The Labute approximate surface area is 196 Å². The Morgan fingerprint density at radius 1 is 1.16 bits per heavy atom. The van der Waals surface area contributed by atoms with Gasteiger partial charge in [-0.05, 0) is 37.1 Å². The topological polar surface area (TPSA) is 59.8 Å². The number of hydrogen-bond acceptors (Lipinski definition) is 5. The number of aromatic nitrogens is 3. The highest BCUT2D eigenvalue weighted by atomic mass is 32.2. The van der Waals surface area contributed by atoms with Gasteiger partial charge in [-0.15, -0.1) is 28.1 Å². The zero-order chi connectivity index (χ0) is 22.5. The molecule has 2 aromatic carbocycles. The molecule has 5 nitrogen and oxygen atoms in total. The first kappa shape index (κ1) is 22.0. The van der Waals surface area contributed by atoms with Crippen LogP contribution in [0.4, 0.5) is 5.69 Å². The zero-order valence-corrected chi connectivity index (χ0v) is 19.7. The Hall–Kier alpha value is -3.16. The first-order chi connectivity index (χ1) is 15.6. The lowest BCUT2D eigenvalue weighted by Crippen LogP contribution is -2.14. The third kappa shape index (κ3) is 4.84. The third-order valence-electron chi connectivity index (χ3n) is 4.94. The maximum absolute atomic E-state index is 12.5. The molecule has 0 unspecified atom stereocenters. The highest BCUT2D eigenvalue weighted by Crippen LogP contribution is 2.39. The van der Waals surface area contributed by atoms with Crippen molar-refractivity contribution in [3.05, 3.63) is 83.1 Å². The van der Waals surface area contributed by atoms with Gasteiger partial charge >= 0.3 is 0 Å². The van der Waals surface area contributed by atoms with Gasteiger partial charge in [0.2, 0.25) is 5.91 Å². The van der Waals surface area contributed by atoms with Crippen LogP contribution >= 0.6 is 23.1 Å². The van der Waals surface area contributed by atoms with Crippen molar-refractivity contribution in [3.63, 3.8) is 0 Å². The van der Waals surface area contributed by atoms with E-state index in [1.807, 2.05) is 60.0 Å². The number of benzene rings is 2. The quantitative estimate of drug-likeness (QED) is 0.251. The second kappa shape index (κ2) is 9.97. The average molecular weight is 461 g/mol. The van der Waals surface area contributed by atoms with Crippen molar-refractivity contribution in [3.8, 4) is 22.5 Å². The van der Waals surface area contributed by atoms with Crippen LogP contribution in [0.1, 0.15) is 10.4 Å². The van der Waals surface area contributed by atoms with Crippen LogP contribution in [0.5, 0.6) is 0 Å². The first-order valence-corrected chi connectivity index (χ1v) is 12.1. The van der Waals surface area contributed by atoms with Crippen molar-refractivity contribution in [2.45, 2.75) is 25.5 Å². The summed E-state index contributed by atoms with van der Waals surface area (Å²) in [5, 5.41) is 14.7. The van der Waals surface area contributed by atoms with E-state index in [0.717, 1.165) is 28.2 Å². The number of carbonyl (C=O) groups excluding carboxylic acids is 1. The summed E-state index contributed by atoms with van der Waals surface area (Å²) in [6.45, 7) is 8.58. The fourth-order valence-electron chi connectivity index (χ4n) is 3.52. The standard InChI is InChI=1S/C25H24N4OS2/c1-4-13-29-24(21-15-31-18(3)23(21)19-10-6-5-7-11-19)27-28-25(29)32-16-22(30)26-20-12-8-9-17(2)14-20/h4-12,14-15H,1,13,16H2,2-3H3,(H,26,30). The molecular formula is C25H24N4OS2. The molecule has 0 aliphatic heterocycles. The highest BCUT2D eigenvalue weighted by Gasteiger charge is 2.20. The van der Waals surface area contributed by atoms with E-state index in [0.29, 0.717) is 11.7 Å². The van der Waals surface area contributed by atoms with Crippen molar-refractivity contribution in [2.75, 3.05) is 11.1 Å². The van der Waals surface area contributed by atoms with Crippen molar-refractivity contribution in [1.29, 1.82) is 0 Å². The van der Waals surface area contributed by atoms with E-state index in [4.69, 9.17) is 0 Å². The largest absolute Gasteiger partial charge is 0.325 e. The molecule has 1 amide bonds. The Morgan fingerprint density at radius 3 is 2.72 bits per heavy atom. The van der Waals surface area contributed by atoms with Gasteiger partial charge in [0.15, 0.2) is 11.0 Å². The molecule has 2 aromatic heterocycles. The van der Waals surface area contributed by atoms with E-state index < -0.39 is 0 Å². The molecule has 1 N–H and O–H groups in total. The molecule has 0 atom stereocenters. The smallest absolute Gasteiger partial charge is 0.234 e. The summed E-state index contributed by atoms with van der Waals surface area (Å²) in [6.07, 6.45) is 1.82. The van der Waals surface area contributed by atoms with Crippen LogP contribution in [-0.4, -0.2) is 26.4 Å². The maximum Gasteiger partial charge on any atom is 0.234 e. The predicted octanol–water partition coefficient (Wildman–Crippen LogP) is 6.21. The number of nitrogens with zero attached hydrogens (tertiary/aromatic N) is 3. The van der Waals surface area contributed by atoms with Crippen LogP contribution in [0.25, 0.3) is 22.5 Å². The number of nitrogens with one attached hydrogen (secondary N) is 1.